The standard InChI is InChI=1S/C18H17Cl2N5O/c1-23(2)16-7-3-13(4-8-16)10-21-25-18(26)24(12-22-25)11-14-5-6-15(19)9-17(14)20/h3-10,12H,11H2,1-2H3/b21-10+. The number of hydrogen-bond acceptors (Lipinski definition) is 4. The molecule has 0 fully saturated rings. The molecule has 1 heterocycles. The van der Waals surface area contributed by atoms with E-state index in [2.05, 4.69) is 10.2 Å². The fourth-order valence-corrected chi connectivity index (χ4v) is 2.79. The molecule has 3 aromatic rings. The lowest BCUT2D eigenvalue weighted by atomic mass is 10.2. The Morgan fingerprint density at radius 3 is 2.54 bits per heavy atom. The normalized spacial score (nSPS) is 11.2. The highest BCUT2D eigenvalue weighted by Crippen LogP contribution is 2.21. The van der Waals surface area contributed by atoms with Gasteiger partial charge in [-0.3, -0.25) is 4.57 Å². The number of anilines is 1. The molecular weight excluding hydrogens is 373 g/mol. The summed E-state index contributed by atoms with van der Waals surface area (Å²) < 4.78 is 1.43. The molecule has 3 rings (SSSR count). The van der Waals surface area contributed by atoms with Gasteiger partial charge in [-0.15, -0.1) is 5.10 Å². The third-order valence-corrected chi connectivity index (χ3v) is 4.39. The second-order valence-electron chi connectivity index (χ2n) is 5.90. The molecule has 2 aromatic carbocycles. The van der Waals surface area contributed by atoms with Gasteiger partial charge in [-0.2, -0.15) is 5.10 Å². The van der Waals surface area contributed by atoms with E-state index in [1.165, 1.54) is 10.9 Å². The summed E-state index contributed by atoms with van der Waals surface area (Å²) >= 11 is 12.0. The molecule has 0 atom stereocenters. The number of aromatic nitrogens is 3. The Labute approximate surface area is 160 Å². The quantitative estimate of drug-likeness (QED) is 0.628. The summed E-state index contributed by atoms with van der Waals surface area (Å²) in [4.78, 5) is 15.4. The molecule has 8 heteroatoms. The molecule has 0 saturated carbocycles. The van der Waals surface area contributed by atoms with Gasteiger partial charge in [0.15, 0.2) is 0 Å². The molecule has 6 nitrogen and oxygen atoms in total. The highest BCUT2D eigenvalue weighted by Gasteiger charge is 2.07. The van der Waals surface area contributed by atoms with Gasteiger partial charge in [-0.1, -0.05) is 46.2 Å². The van der Waals surface area contributed by atoms with Crippen LogP contribution < -0.4 is 10.6 Å². The highest BCUT2D eigenvalue weighted by atomic mass is 35.5. The minimum absolute atomic E-state index is 0.294. The van der Waals surface area contributed by atoms with Crippen LogP contribution in [0, 0.1) is 0 Å². The smallest absolute Gasteiger partial charge is 0.367 e. The maximum absolute atomic E-state index is 12.4. The van der Waals surface area contributed by atoms with E-state index in [9.17, 15) is 4.79 Å². The molecular formula is C18H17Cl2N5O. The van der Waals surface area contributed by atoms with Crippen molar-refractivity contribution in [1.29, 1.82) is 0 Å². The van der Waals surface area contributed by atoms with Crippen LogP contribution in [0.4, 0.5) is 5.69 Å². The second kappa shape index (κ2) is 7.76. The lowest BCUT2D eigenvalue weighted by molar-refractivity contribution is 0.677. The molecule has 0 unspecified atom stereocenters. The summed E-state index contributed by atoms with van der Waals surface area (Å²) in [5.41, 5.74) is 2.39. The predicted octanol–water partition coefficient (Wildman–Crippen LogP) is 3.35. The van der Waals surface area contributed by atoms with E-state index in [-0.39, 0.29) is 5.69 Å². The Balaban J connectivity index is 1.77. The minimum Gasteiger partial charge on any atom is -0.378 e. The van der Waals surface area contributed by atoms with Crippen LogP contribution in [0.1, 0.15) is 11.1 Å². The van der Waals surface area contributed by atoms with E-state index in [0.717, 1.165) is 21.6 Å². The Morgan fingerprint density at radius 2 is 1.88 bits per heavy atom. The summed E-state index contributed by atoms with van der Waals surface area (Å²) in [7, 11) is 3.95. The van der Waals surface area contributed by atoms with E-state index in [1.54, 1.807) is 24.4 Å². The fraction of sp³-hybridized carbons (Fsp3) is 0.167. The summed E-state index contributed by atoms with van der Waals surface area (Å²) in [5.74, 6) is 0. The maximum atomic E-state index is 12.4. The van der Waals surface area contributed by atoms with Crippen molar-refractivity contribution < 1.29 is 0 Å². The average molecular weight is 390 g/mol. The van der Waals surface area contributed by atoms with Gasteiger partial charge >= 0.3 is 5.69 Å². The van der Waals surface area contributed by atoms with Crippen LogP contribution in [-0.2, 0) is 6.54 Å². The fourth-order valence-electron chi connectivity index (χ4n) is 2.33. The van der Waals surface area contributed by atoms with Crippen LogP contribution in [0.3, 0.4) is 0 Å². The molecule has 0 aliphatic heterocycles. The molecule has 0 amide bonds. The number of rotatable bonds is 5. The van der Waals surface area contributed by atoms with Crippen LogP contribution in [0.15, 0.2) is 58.7 Å². The van der Waals surface area contributed by atoms with Crippen LogP contribution in [0.25, 0.3) is 0 Å². The van der Waals surface area contributed by atoms with Crippen molar-refractivity contribution >= 4 is 35.1 Å². The first-order chi connectivity index (χ1) is 12.4. The highest BCUT2D eigenvalue weighted by molar-refractivity contribution is 6.35. The molecule has 0 radical (unpaired) electrons. The zero-order valence-corrected chi connectivity index (χ0v) is 15.8. The first kappa shape index (κ1) is 18.2. The monoisotopic (exact) mass is 389 g/mol. The SMILES string of the molecule is CN(C)c1ccc(/C=N/n2ncn(Cc3ccc(Cl)cc3Cl)c2=O)cc1. The van der Waals surface area contributed by atoms with E-state index in [4.69, 9.17) is 23.2 Å². The second-order valence-corrected chi connectivity index (χ2v) is 6.74. The summed E-state index contributed by atoms with van der Waals surface area (Å²) in [6.07, 6.45) is 3.02. The third kappa shape index (κ3) is 4.15. The molecule has 0 bridgehead atoms. The van der Waals surface area contributed by atoms with E-state index in [1.807, 2.05) is 43.3 Å². The zero-order valence-electron chi connectivity index (χ0n) is 14.3. The molecule has 0 aliphatic rings. The van der Waals surface area contributed by atoms with E-state index >= 15 is 0 Å². The third-order valence-electron chi connectivity index (χ3n) is 3.80. The maximum Gasteiger partial charge on any atom is 0.367 e. The molecule has 0 spiro atoms. The number of hydrogen-bond donors (Lipinski definition) is 0. The van der Waals surface area contributed by atoms with Gasteiger partial charge in [0.1, 0.15) is 6.33 Å². The van der Waals surface area contributed by atoms with Crippen molar-refractivity contribution in [1.82, 2.24) is 14.5 Å². The van der Waals surface area contributed by atoms with Gasteiger partial charge in [0.05, 0.1) is 12.8 Å². The Bertz CT molecular complexity index is 990. The molecule has 26 heavy (non-hydrogen) atoms. The zero-order chi connectivity index (χ0) is 18.7. The van der Waals surface area contributed by atoms with E-state index < -0.39 is 0 Å². The predicted molar refractivity (Wildman–Crippen MR) is 106 cm³/mol. The summed E-state index contributed by atoms with van der Waals surface area (Å²) in [5, 5.41) is 9.19. The molecule has 0 N–H and O–H groups in total. The first-order valence-electron chi connectivity index (χ1n) is 7.84. The first-order valence-corrected chi connectivity index (χ1v) is 8.60. The van der Waals surface area contributed by atoms with Gasteiger partial charge in [0.25, 0.3) is 0 Å². The lowest BCUT2D eigenvalue weighted by Gasteiger charge is -2.11. The number of nitrogens with zero attached hydrogens (tertiary/aromatic N) is 5. The van der Waals surface area contributed by atoms with Gasteiger partial charge in [0.2, 0.25) is 0 Å². The van der Waals surface area contributed by atoms with Crippen LogP contribution in [-0.4, -0.2) is 34.8 Å². The average Bonchev–Trinajstić information content (AvgIpc) is 2.96. The van der Waals surface area contributed by atoms with Crippen LogP contribution in [0.2, 0.25) is 10.0 Å². The van der Waals surface area contributed by atoms with Crippen LogP contribution >= 0.6 is 23.2 Å². The van der Waals surface area contributed by atoms with Gasteiger partial charge in [-0.25, -0.2) is 4.79 Å². The molecule has 0 saturated heterocycles. The van der Waals surface area contributed by atoms with Gasteiger partial charge < -0.3 is 4.90 Å². The van der Waals surface area contributed by atoms with E-state index in [0.29, 0.717) is 16.6 Å². The minimum atomic E-state index is -0.350. The van der Waals surface area contributed by atoms with Crippen molar-refractivity contribution in [3.63, 3.8) is 0 Å². The van der Waals surface area contributed by atoms with Crippen molar-refractivity contribution in [2.24, 2.45) is 5.10 Å². The van der Waals surface area contributed by atoms with Crippen molar-refractivity contribution in [3.8, 4) is 0 Å². The summed E-state index contributed by atoms with van der Waals surface area (Å²) in [6, 6.07) is 13.0. The van der Waals surface area contributed by atoms with Gasteiger partial charge in [0, 0.05) is 29.8 Å². The topological polar surface area (TPSA) is 55.4 Å². The van der Waals surface area contributed by atoms with Crippen molar-refractivity contribution in [3.05, 3.63) is 80.4 Å². The molecule has 1 aromatic heterocycles. The Morgan fingerprint density at radius 1 is 1.15 bits per heavy atom. The largest absolute Gasteiger partial charge is 0.378 e. The van der Waals surface area contributed by atoms with Crippen molar-refractivity contribution in [2.45, 2.75) is 6.54 Å². The summed E-state index contributed by atoms with van der Waals surface area (Å²) in [6.45, 7) is 0.294. The molecule has 0 aliphatic carbocycles. The lowest BCUT2D eigenvalue weighted by Crippen LogP contribution is -2.23. The number of benzene rings is 2. The Hall–Kier alpha value is -2.57. The van der Waals surface area contributed by atoms with Crippen LogP contribution in [0.5, 0.6) is 0 Å². The Kier molecular flexibility index (Phi) is 5.44. The molecule has 134 valence electrons. The van der Waals surface area contributed by atoms with Crippen molar-refractivity contribution in [2.75, 3.05) is 19.0 Å². The number of halogens is 2. The van der Waals surface area contributed by atoms with Gasteiger partial charge in [-0.05, 0) is 35.4 Å².